The molecule has 0 saturated heterocycles. The number of nitrogens with two attached hydrogens (primary N) is 1. The molecule has 0 aliphatic carbocycles. The number of anilines is 1. The van der Waals surface area contributed by atoms with Crippen LogP contribution < -0.4 is 11.1 Å². The van der Waals surface area contributed by atoms with E-state index in [9.17, 15) is 4.79 Å². The van der Waals surface area contributed by atoms with Crippen LogP contribution in [0.25, 0.3) is 0 Å². The van der Waals surface area contributed by atoms with E-state index in [4.69, 9.17) is 5.73 Å². The van der Waals surface area contributed by atoms with Gasteiger partial charge in [0.25, 0.3) is 0 Å². The molecule has 14 heavy (non-hydrogen) atoms. The third-order valence-electron chi connectivity index (χ3n) is 1.81. The van der Waals surface area contributed by atoms with Crippen LogP contribution in [0.3, 0.4) is 0 Å². The Hall–Kier alpha value is -1.16. The quantitative estimate of drug-likeness (QED) is 0.735. The minimum absolute atomic E-state index is 0.0424. The van der Waals surface area contributed by atoms with Crippen molar-refractivity contribution < 1.29 is 4.79 Å². The summed E-state index contributed by atoms with van der Waals surface area (Å²) < 4.78 is 0. The monoisotopic (exact) mass is 210 g/mol. The first-order valence-electron chi connectivity index (χ1n) is 4.33. The van der Waals surface area contributed by atoms with Crippen LogP contribution in [0.4, 0.5) is 5.69 Å². The summed E-state index contributed by atoms with van der Waals surface area (Å²) in [5, 5.41) is 2.80. The fraction of sp³-hybridized carbons (Fsp3) is 0.300. The van der Waals surface area contributed by atoms with Crippen LogP contribution in [-0.4, -0.2) is 17.9 Å². The van der Waals surface area contributed by atoms with Crippen molar-refractivity contribution in [1.29, 1.82) is 0 Å². The summed E-state index contributed by atoms with van der Waals surface area (Å²) in [5.41, 5.74) is 7.40. The number of nitrogens with one attached hydrogen (secondary N) is 1. The second-order valence-electron chi connectivity index (χ2n) is 2.91. The molecule has 0 aliphatic rings. The number of amides is 1. The van der Waals surface area contributed by atoms with E-state index in [-0.39, 0.29) is 5.91 Å². The summed E-state index contributed by atoms with van der Waals surface area (Å²) in [6, 6.07) is 7.53. The molecule has 1 aromatic rings. The summed E-state index contributed by atoms with van der Waals surface area (Å²) >= 11 is 1.51. The maximum Gasteiger partial charge on any atom is 0.230 e. The number of rotatable bonds is 4. The number of hydrogen-bond donors (Lipinski definition) is 2. The van der Waals surface area contributed by atoms with Gasteiger partial charge in [-0.2, -0.15) is 11.8 Å². The number of hydrogen-bond acceptors (Lipinski definition) is 3. The molecule has 0 heterocycles. The van der Waals surface area contributed by atoms with Crippen LogP contribution in [0.15, 0.2) is 24.3 Å². The molecule has 0 aliphatic heterocycles. The van der Waals surface area contributed by atoms with Gasteiger partial charge in [0.1, 0.15) is 0 Å². The normalized spacial score (nSPS) is 9.79. The van der Waals surface area contributed by atoms with E-state index in [1.807, 2.05) is 30.5 Å². The molecule has 76 valence electrons. The Bertz CT molecular complexity index is 315. The van der Waals surface area contributed by atoms with Gasteiger partial charge < -0.3 is 11.1 Å². The van der Waals surface area contributed by atoms with Crippen molar-refractivity contribution in [3.8, 4) is 0 Å². The lowest BCUT2D eigenvalue weighted by atomic mass is 10.2. The smallest absolute Gasteiger partial charge is 0.230 e. The molecular weight excluding hydrogens is 196 g/mol. The van der Waals surface area contributed by atoms with E-state index < -0.39 is 0 Å². The number of benzene rings is 1. The molecule has 0 saturated carbocycles. The molecule has 1 aromatic carbocycles. The van der Waals surface area contributed by atoms with Crippen LogP contribution in [0.1, 0.15) is 5.56 Å². The second-order valence-corrected chi connectivity index (χ2v) is 3.77. The highest BCUT2D eigenvalue weighted by Crippen LogP contribution is 2.09. The van der Waals surface area contributed by atoms with Gasteiger partial charge in [-0.05, 0) is 17.9 Å². The first-order valence-corrected chi connectivity index (χ1v) is 5.72. The Balaban J connectivity index is 2.46. The van der Waals surface area contributed by atoms with Gasteiger partial charge in [0.2, 0.25) is 5.91 Å². The molecule has 0 unspecified atom stereocenters. The Morgan fingerprint density at radius 3 is 2.86 bits per heavy atom. The van der Waals surface area contributed by atoms with Gasteiger partial charge in [-0.15, -0.1) is 0 Å². The topological polar surface area (TPSA) is 55.1 Å². The zero-order chi connectivity index (χ0) is 10.4. The minimum Gasteiger partial charge on any atom is -0.398 e. The van der Waals surface area contributed by atoms with Gasteiger partial charge in [-0.3, -0.25) is 4.79 Å². The molecular formula is C10H14N2OS. The number of nitrogen functional groups attached to an aromatic ring is 1. The summed E-state index contributed by atoms with van der Waals surface area (Å²) in [5.74, 6) is 0.535. The molecule has 0 bridgehead atoms. The van der Waals surface area contributed by atoms with Gasteiger partial charge in [0.05, 0.1) is 5.75 Å². The van der Waals surface area contributed by atoms with Gasteiger partial charge >= 0.3 is 0 Å². The molecule has 0 aromatic heterocycles. The number of carbonyl (C=O) groups is 1. The van der Waals surface area contributed by atoms with Crippen LogP contribution in [-0.2, 0) is 11.3 Å². The predicted molar refractivity (Wildman–Crippen MR) is 61.1 cm³/mol. The maximum absolute atomic E-state index is 11.2. The van der Waals surface area contributed by atoms with Crippen LogP contribution >= 0.6 is 11.8 Å². The molecule has 0 spiro atoms. The summed E-state index contributed by atoms with van der Waals surface area (Å²) in [6.07, 6.45) is 1.90. The number of thioether (sulfide) groups is 1. The van der Waals surface area contributed by atoms with Crippen LogP contribution in [0, 0.1) is 0 Å². The van der Waals surface area contributed by atoms with Gasteiger partial charge in [0, 0.05) is 12.2 Å². The minimum atomic E-state index is 0.0424. The van der Waals surface area contributed by atoms with E-state index in [0.717, 1.165) is 11.3 Å². The lowest BCUT2D eigenvalue weighted by molar-refractivity contribution is -0.118. The first-order chi connectivity index (χ1) is 6.74. The van der Waals surface area contributed by atoms with Gasteiger partial charge in [0.15, 0.2) is 0 Å². The summed E-state index contributed by atoms with van der Waals surface area (Å²) in [7, 11) is 0. The molecule has 0 atom stereocenters. The lowest BCUT2D eigenvalue weighted by Crippen LogP contribution is -2.24. The third kappa shape index (κ3) is 3.30. The molecule has 4 heteroatoms. The fourth-order valence-corrected chi connectivity index (χ4v) is 1.44. The first kappa shape index (κ1) is 10.9. The van der Waals surface area contributed by atoms with E-state index in [1.54, 1.807) is 0 Å². The number of para-hydroxylation sites is 1. The Kier molecular flexibility index (Phi) is 4.32. The molecule has 3 nitrogen and oxygen atoms in total. The fourth-order valence-electron chi connectivity index (χ4n) is 1.07. The lowest BCUT2D eigenvalue weighted by Gasteiger charge is -2.06. The second kappa shape index (κ2) is 5.54. The SMILES string of the molecule is CSCC(=O)NCc1ccccc1N. The van der Waals surface area contributed by atoms with Crippen LogP contribution in [0.2, 0.25) is 0 Å². The predicted octanol–water partition coefficient (Wildman–Crippen LogP) is 1.25. The zero-order valence-corrected chi connectivity index (χ0v) is 8.93. The van der Waals surface area contributed by atoms with Crippen LogP contribution in [0.5, 0.6) is 0 Å². The summed E-state index contributed by atoms with van der Waals surface area (Å²) in [6.45, 7) is 0.506. The molecule has 1 amide bonds. The average Bonchev–Trinajstić information content (AvgIpc) is 2.17. The van der Waals surface area contributed by atoms with Crippen molar-refractivity contribution in [2.24, 2.45) is 0 Å². The maximum atomic E-state index is 11.2. The Morgan fingerprint density at radius 2 is 2.21 bits per heavy atom. The van der Waals surface area contributed by atoms with Crippen molar-refractivity contribution >= 4 is 23.4 Å². The van der Waals surface area contributed by atoms with E-state index in [1.165, 1.54) is 11.8 Å². The standard InChI is InChI=1S/C10H14N2OS/c1-14-7-10(13)12-6-8-4-2-3-5-9(8)11/h2-5H,6-7,11H2,1H3,(H,12,13). The van der Waals surface area contributed by atoms with Crippen molar-refractivity contribution in [1.82, 2.24) is 5.32 Å². The van der Waals surface area contributed by atoms with Crippen molar-refractivity contribution in [3.05, 3.63) is 29.8 Å². The van der Waals surface area contributed by atoms with E-state index >= 15 is 0 Å². The zero-order valence-electron chi connectivity index (χ0n) is 8.12. The molecule has 1 rings (SSSR count). The highest BCUT2D eigenvalue weighted by molar-refractivity contribution is 7.99. The average molecular weight is 210 g/mol. The largest absolute Gasteiger partial charge is 0.398 e. The molecule has 0 fully saturated rings. The van der Waals surface area contributed by atoms with Crippen molar-refractivity contribution in [2.75, 3.05) is 17.7 Å². The van der Waals surface area contributed by atoms with E-state index in [0.29, 0.717) is 12.3 Å². The van der Waals surface area contributed by atoms with Crippen molar-refractivity contribution in [2.45, 2.75) is 6.54 Å². The number of carbonyl (C=O) groups excluding carboxylic acids is 1. The Labute approximate surface area is 88.1 Å². The summed E-state index contributed by atoms with van der Waals surface area (Å²) in [4.78, 5) is 11.2. The third-order valence-corrected chi connectivity index (χ3v) is 2.36. The van der Waals surface area contributed by atoms with Gasteiger partial charge in [-0.1, -0.05) is 18.2 Å². The molecule has 0 radical (unpaired) electrons. The molecule has 3 N–H and O–H groups in total. The van der Waals surface area contributed by atoms with Gasteiger partial charge in [-0.25, -0.2) is 0 Å². The Morgan fingerprint density at radius 1 is 1.50 bits per heavy atom. The highest BCUT2D eigenvalue weighted by atomic mass is 32.2. The van der Waals surface area contributed by atoms with E-state index in [2.05, 4.69) is 5.32 Å². The van der Waals surface area contributed by atoms with Crippen molar-refractivity contribution in [3.63, 3.8) is 0 Å². The highest BCUT2D eigenvalue weighted by Gasteiger charge is 2.01.